The zero-order valence-corrected chi connectivity index (χ0v) is 17.9. The summed E-state index contributed by atoms with van der Waals surface area (Å²) in [4.78, 5) is 13.4. The number of anilines is 1. The maximum absolute atomic E-state index is 15.0. The third-order valence-electron chi connectivity index (χ3n) is 5.45. The maximum Gasteiger partial charge on any atom is 0.414 e. The fraction of sp³-hybridized carbons (Fsp3) is 0.227. The van der Waals surface area contributed by atoms with Gasteiger partial charge in [0.25, 0.3) is 0 Å². The minimum absolute atomic E-state index is 0.0738. The van der Waals surface area contributed by atoms with E-state index >= 15 is 0 Å². The molecular weight excluding hydrogens is 446 g/mol. The molecule has 10 nitrogen and oxygen atoms in total. The minimum atomic E-state index is -1.10. The van der Waals surface area contributed by atoms with Gasteiger partial charge in [0.1, 0.15) is 6.10 Å². The van der Waals surface area contributed by atoms with Gasteiger partial charge in [-0.25, -0.2) is 18.3 Å². The SMILES string of the molecule is O=C1O[C@@H](Cn2ccnn2)CN1c1ccc(-c2ccc(CNCc3cn[nH]n3)cc2)c(F)c1F. The molecular formula is C22H20F2N8O2. The Kier molecular flexibility index (Phi) is 5.95. The first-order valence-corrected chi connectivity index (χ1v) is 10.5. The van der Waals surface area contributed by atoms with Crippen LogP contribution in [0, 0.1) is 11.6 Å². The number of amides is 1. The zero-order chi connectivity index (χ0) is 23.5. The fourth-order valence-electron chi connectivity index (χ4n) is 3.77. The summed E-state index contributed by atoms with van der Waals surface area (Å²) in [6.45, 7) is 1.47. The van der Waals surface area contributed by atoms with Crippen molar-refractivity contribution in [3.8, 4) is 11.1 Å². The first-order valence-electron chi connectivity index (χ1n) is 10.5. The number of hydrogen-bond donors (Lipinski definition) is 2. The Hall–Kier alpha value is -4.19. The van der Waals surface area contributed by atoms with E-state index in [-0.39, 0.29) is 24.3 Å². The van der Waals surface area contributed by atoms with Crippen LogP contribution in [0.15, 0.2) is 55.0 Å². The summed E-state index contributed by atoms with van der Waals surface area (Å²) in [7, 11) is 0. The second-order valence-electron chi connectivity index (χ2n) is 7.76. The molecule has 1 aliphatic rings. The lowest BCUT2D eigenvalue weighted by molar-refractivity contribution is 0.129. The van der Waals surface area contributed by atoms with E-state index in [1.165, 1.54) is 23.0 Å². The van der Waals surface area contributed by atoms with Gasteiger partial charge in [0.2, 0.25) is 0 Å². The van der Waals surface area contributed by atoms with Crippen molar-refractivity contribution in [3.05, 3.63) is 77.9 Å². The number of ether oxygens (including phenoxy) is 1. The highest BCUT2D eigenvalue weighted by Crippen LogP contribution is 2.32. The number of H-pyrrole nitrogens is 1. The van der Waals surface area contributed by atoms with Gasteiger partial charge in [0.05, 0.1) is 36.9 Å². The van der Waals surface area contributed by atoms with Crippen LogP contribution in [0.25, 0.3) is 11.1 Å². The Bertz CT molecular complexity index is 1260. The van der Waals surface area contributed by atoms with Gasteiger partial charge in [0, 0.05) is 24.8 Å². The lowest BCUT2D eigenvalue weighted by Crippen LogP contribution is -2.27. The number of hydrogen-bond acceptors (Lipinski definition) is 7. The summed E-state index contributed by atoms with van der Waals surface area (Å²) in [5.74, 6) is -2.13. The van der Waals surface area contributed by atoms with Crippen LogP contribution >= 0.6 is 0 Å². The predicted octanol–water partition coefficient (Wildman–Crippen LogP) is 2.66. The van der Waals surface area contributed by atoms with E-state index in [2.05, 4.69) is 31.0 Å². The van der Waals surface area contributed by atoms with Crippen LogP contribution in [0.4, 0.5) is 19.3 Å². The van der Waals surface area contributed by atoms with Crippen molar-refractivity contribution in [1.82, 2.24) is 35.7 Å². The van der Waals surface area contributed by atoms with Gasteiger partial charge in [-0.3, -0.25) is 4.90 Å². The average molecular weight is 466 g/mol. The Balaban J connectivity index is 1.27. The number of nitrogens with zero attached hydrogens (tertiary/aromatic N) is 6. The van der Waals surface area contributed by atoms with E-state index in [0.717, 1.165) is 16.2 Å². The molecule has 1 saturated heterocycles. The van der Waals surface area contributed by atoms with Crippen LogP contribution in [-0.2, 0) is 24.4 Å². The molecule has 0 unspecified atom stereocenters. The van der Waals surface area contributed by atoms with Crippen LogP contribution in [0.1, 0.15) is 11.3 Å². The molecule has 4 aromatic rings. The van der Waals surface area contributed by atoms with Crippen LogP contribution in [0.2, 0.25) is 0 Å². The van der Waals surface area contributed by atoms with Crippen molar-refractivity contribution >= 4 is 11.8 Å². The number of aromatic amines is 1. The standard InChI is InChI=1S/C22H20F2N8O2/c23-20-18(15-3-1-14(2-4-15)9-25-10-16-11-27-29-28-16)5-6-19(21(20)24)32-13-17(34-22(32)33)12-31-8-7-26-30-31/h1-8,11,17,25H,9-10,12-13H2,(H,27,28,29)/t17-/m0/s1. The highest BCUT2D eigenvalue weighted by molar-refractivity contribution is 5.90. The molecule has 0 bridgehead atoms. The molecule has 174 valence electrons. The molecule has 34 heavy (non-hydrogen) atoms. The molecule has 1 fully saturated rings. The number of carbonyl (C=O) groups excluding carboxylic acids is 1. The first kappa shape index (κ1) is 21.6. The van der Waals surface area contributed by atoms with E-state index in [0.29, 0.717) is 18.7 Å². The molecule has 3 heterocycles. The second-order valence-corrected chi connectivity index (χ2v) is 7.76. The van der Waals surface area contributed by atoms with Crippen molar-refractivity contribution in [1.29, 1.82) is 0 Å². The number of halogens is 2. The maximum atomic E-state index is 15.0. The number of rotatable bonds is 8. The van der Waals surface area contributed by atoms with Crippen LogP contribution < -0.4 is 10.2 Å². The van der Waals surface area contributed by atoms with Crippen LogP contribution in [0.3, 0.4) is 0 Å². The van der Waals surface area contributed by atoms with Gasteiger partial charge in [-0.1, -0.05) is 29.5 Å². The highest BCUT2D eigenvalue weighted by atomic mass is 19.2. The zero-order valence-electron chi connectivity index (χ0n) is 17.9. The Morgan fingerprint density at radius 2 is 1.97 bits per heavy atom. The Morgan fingerprint density at radius 3 is 2.71 bits per heavy atom. The first-order chi connectivity index (χ1) is 16.6. The molecule has 0 aliphatic carbocycles. The monoisotopic (exact) mass is 466 g/mol. The molecule has 0 radical (unpaired) electrons. The van der Waals surface area contributed by atoms with Crippen LogP contribution in [-0.4, -0.2) is 49.1 Å². The molecule has 12 heteroatoms. The molecule has 1 aliphatic heterocycles. The summed E-state index contributed by atoms with van der Waals surface area (Å²) in [5, 5.41) is 21.0. The smallest absolute Gasteiger partial charge is 0.414 e. The van der Waals surface area contributed by atoms with Gasteiger partial charge >= 0.3 is 6.09 Å². The van der Waals surface area contributed by atoms with Crippen molar-refractivity contribution in [2.45, 2.75) is 25.7 Å². The lowest BCUT2D eigenvalue weighted by atomic mass is 10.0. The van der Waals surface area contributed by atoms with E-state index in [1.54, 1.807) is 24.5 Å². The summed E-state index contributed by atoms with van der Waals surface area (Å²) in [5.41, 5.74) is 2.23. The molecule has 0 spiro atoms. The molecule has 5 rings (SSSR count). The van der Waals surface area contributed by atoms with Crippen LogP contribution in [0.5, 0.6) is 0 Å². The molecule has 1 amide bonds. The normalized spacial score (nSPS) is 15.6. The summed E-state index contributed by atoms with van der Waals surface area (Å²) in [6, 6.07) is 9.97. The second kappa shape index (κ2) is 9.35. The van der Waals surface area contributed by atoms with Gasteiger partial charge in [-0.05, 0) is 23.3 Å². The number of benzene rings is 2. The van der Waals surface area contributed by atoms with Gasteiger partial charge < -0.3 is 10.1 Å². The van der Waals surface area contributed by atoms with Crippen molar-refractivity contribution in [2.75, 3.05) is 11.4 Å². The highest BCUT2D eigenvalue weighted by Gasteiger charge is 2.35. The summed E-state index contributed by atoms with van der Waals surface area (Å²) in [6.07, 6.45) is 3.48. The summed E-state index contributed by atoms with van der Waals surface area (Å²) >= 11 is 0. The largest absolute Gasteiger partial charge is 0.442 e. The van der Waals surface area contributed by atoms with Gasteiger partial charge in [0.15, 0.2) is 11.6 Å². The molecule has 1 atom stereocenters. The number of carbonyl (C=O) groups is 1. The number of nitrogens with one attached hydrogen (secondary N) is 2. The number of aromatic nitrogens is 6. The fourth-order valence-corrected chi connectivity index (χ4v) is 3.77. The molecule has 2 N–H and O–H groups in total. The minimum Gasteiger partial charge on any atom is -0.442 e. The summed E-state index contributed by atoms with van der Waals surface area (Å²) < 4.78 is 36.8. The van der Waals surface area contributed by atoms with E-state index in [1.807, 2.05) is 12.1 Å². The van der Waals surface area contributed by atoms with Crippen molar-refractivity contribution in [3.63, 3.8) is 0 Å². The Labute approximate surface area is 192 Å². The van der Waals surface area contributed by atoms with Gasteiger partial charge in [-0.2, -0.15) is 15.4 Å². The van der Waals surface area contributed by atoms with Gasteiger partial charge in [-0.15, -0.1) is 5.10 Å². The third kappa shape index (κ3) is 4.48. The van der Waals surface area contributed by atoms with E-state index < -0.39 is 23.8 Å². The number of cyclic esters (lactones) is 1. The quantitative estimate of drug-likeness (QED) is 0.410. The Morgan fingerprint density at radius 1 is 1.12 bits per heavy atom. The topological polar surface area (TPSA) is 114 Å². The third-order valence-corrected chi connectivity index (χ3v) is 5.45. The molecule has 2 aromatic heterocycles. The molecule has 0 saturated carbocycles. The predicted molar refractivity (Wildman–Crippen MR) is 116 cm³/mol. The van der Waals surface area contributed by atoms with E-state index in [4.69, 9.17) is 4.74 Å². The van der Waals surface area contributed by atoms with E-state index in [9.17, 15) is 13.6 Å². The lowest BCUT2D eigenvalue weighted by Gasteiger charge is -2.16. The molecule has 2 aromatic carbocycles. The van der Waals surface area contributed by atoms with Crippen molar-refractivity contribution < 1.29 is 18.3 Å². The average Bonchev–Trinajstić information content (AvgIpc) is 3.60. The van der Waals surface area contributed by atoms with Crippen molar-refractivity contribution in [2.24, 2.45) is 0 Å².